The van der Waals surface area contributed by atoms with Crippen molar-refractivity contribution in [1.29, 1.82) is 0 Å². The zero-order valence-corrected chi connectivity index (χ0v) is 37.9. The number of fused-ring (bicyclic) bond motifs is 2. The molecule has 4 saturated heterocycles. The molecule has 4 aromatic carbocycles. The fraction of sp³-hybridized carbons (Fsp3) is 0.422. The van der Waals surface area contributed by atoms with Crippen molar-refractivity contribution in [2.24, 2.45) is 0 Å². The quantitative estimate of drug-likeness (QED) is 0.0534. The molecule has 2 amide bonds. The van der Waals surface area contributed by atoms with Crippen molar-refractivity contribution in [3.63, 3.8) is 0 Å². The van der Waals surface area contributed by atoms with Crippen molar-refractivity contribution in [3.8, 4) is 5.75 Å². The number of anilines is 1. The highest BCUT2D eigenvalue weighted by molar-refractivity contribution is 7.53. The molecule has 334 valence electrons. The number of urea groups is 1. The van der Waals surface area contributed by atoms with Gasteiger partial charge in [-0.3, -0.25) is 9.16 Å². The van der Waals surface area contributed by atoms with Crippen molar-refractivity contribution in [1.82, 2.24) is 19.5 Å². The summed E-state index contributed by atoms with van der Waals surface area (Å²) in [6.07, 6.45) is -0.244. The van der Waals surface area contributed by atoms with E-state index < -0.39 is 44.7 Å². The van der Waals surface area contributed by atoms with Gasteiger partial charge in [0, 0.05) is 18.5 Å². The number of aromatic nitrogens is 2. The van der Waals surface area contributed by atoms with E-state index >= 15 is 4.79 Å². The van der Waals surface area contributed by atoms with Gasteiger partial charge in [0.05, 0.1) is 43.8 Å². The lowest BCUT2D eigenvalue weighted by Gasteiger charge is -2.37. The average Bonchev–Trinajstić information content (AvgIpc) is 4.23. The Labute approximate surface area is 375 Å². The third kappa shape index (κ3) is 9.80. The Hall–Kier alpha value is -4.64. The molecule has 0 aliphatic carbocycles. The van der Waals surface area contributed by atoms with Gasteiger partial charge in [-0.2, -0.15) is 5.10 Å². The number of nitrogens with zero attached hydrogens (tertiary/aromatic N) is 5. The number of carbonyl (C=O) groups is 1. The first-order valence-corrected chi connectivity index (χ1v) is 24.0. The number of amides is 2. The van der Waals surface area contributed by atoms with Gasteiger partial charge in [-0.25, -0.2) is 4.79 Å². The monoisotopic (exact) mass is 889 g/mol. The molecule has 4 aliphatic rings. The Bertz CT molecular complexity index is 2440. The highest BCUT2D eigenvalue weighted by atomic mass is 31.2. The van der Waals surface area contributed by atoms with Crippen LogP contribution in [0.3, 0.4) is 0 Å². The highest BCUT2D eigenvalue weighted by Gasteiger charge is 2.56. The van der Waals surface area contributed by atoms with Crippen molar-refractivity contribution in [3.05, 3.63) is 125 Å². The van der Waals surface area contributed by atoms with E-state index in [1.807, 2.05) is 95.1 Å². The van der Waals surface area contributed by atoms with E-state index in [0.29, 0.717) is 37.4 Å². The molecule has 0 radical (unpaired) electrons. The maximum Gasteiger partial charge on any atom is 0.431 e. The Morgan fingerprint density at radius 3 is 1.84 bits per heavy atom. The summed E-state index contributed by atoms with van der Waals surface area (Å²) in [4.78, 5) is 19.8. The molecule has 1 aromatic heterocycles. The molecule has 0 spiro atoms. The molecule has 9 rings (SSSR count). The predicted molar refractivity (Wildman–Crippen MR) is 246 cm³/mol. The van der Waals surface area contributed by atoms with Crippen LogP contribution in [0.4, 0.5) is 10.6 Å². The van der Waals surface area contributed by atoms with Crippen LogP contribution in [0, 0.1) is 0 Å². The topological polar surface area (TPSA) is 153 Å². The van der Waals surface area contributed by atoms with E-state index in [2.05, 4.69) is 30.3 Å². The lowest BCUT2D eigenvalue weighted by atomic mass is 9.76. The van der Waals surface area contributed by atoms with Crippen LogP contribution < -0.4 is 9.46 Å². The summed E-state index contributed by atoms with van der Waals surface area (Å²) in [6.45, 7) is 11.1. The largest absolute Gasteiger partial charge is 0.481 e. The lowest BCUT2D eigenvalue weighted by molar-refractivity contribution is -0.157. The molecule has 5 heterocycles. The minimum atomic E-state index is -3.49. The van der Waals surface area contributed by atoms with E-state index in [9.17, 15) is 9.59 Å². The maximum absolute atomic E-state index is 15.9. The van der Waals surface area contributed by atoms with Crippen molar-refractivity contribution >= 4 is 51.5 Å². The van der Waals surface area contributed by atoms with E-state index in [1.54, 1.807) is 31.3 Å². The smallest absolute Gasteiger partial charge is 0.431 e. The third-order valence-electron chi connectivity index (χ3n) is 12.0. The van der Waals surface area contributed by atoms with Gasteiger partial charge in [-0.15, -0.1) is 0 Å². The summed E-state index contributed by atoms with van der Waals surface area (Å²) in [6, 6.07) is 32.8. The minimum absolute atomic E-state index is 0.170. The number of rotatable bonds is 19. The van der Waals surface area contributed by atoms with Crippen LogP contribution in [0.2, 0.25) is 6.82 Å². The van der Waals surface area contributed by atoms with Gasteiger partial charge in [-0.1, -0.05) is 78.9 Å². The van der Waals surface area contributed by atoms with Gasteiger partial charge in [0.1, 0.15) is 23.8 Å². The molecule has 0 bridgehead atoms. The van der Waals surface area contributed by atoms with Crippen molar-refractivity contribution in [2.45, 2.75) is 90.5 Å². The summed E-state index contributed by atoms with van der Waals surface area (Å²) >= 11 is 0. The fourth-order valence-corrected chi connectivity index (χ4v) is 10.5. The first kappa shape index (κ1) is 44.6. The van der Waals surface area contributed by atoms with Crippen LogP contribution in [0.5, 0.6) is 5.75 Å². The summed E-state index contributed by atoms with van der Waals surface area (Å²) in [5.41, 5.74) is 4.56. The standard InChI is InChI=1S/C45H55B3N5O10P/c1-6-60-64(56,61-7-2)31-57-36-20-14-19-34(23-36)27-50-39(25-32-15-10-8-11-16-32)41-42(63-45(3,4)62-41)40(26-33-17-12-9-13-18-33)51(44(50)54)28-35-21-22-38-37(24-35)43(49-53(38)46(5)55)52(47-29-58-47)48-30-59-48/h8-24,39-42,55H,6-7,25-31H2,1-5H3/t39-,40-,41+,42+/m1/s1. The van der Waals surface area contributed by atoms with Gasteiger partial charge in [-0.05, 0) is 93.9 Å². The van der Waals surface area contributed by atoms with E-state index in [-0.39, 0.29) is 52.8 Å². The van der Waals surface area contributed by atoms with Crippen LogP contribution in [0.15, 0.2) is 103 Å². The number of ether oxygens (including phenoxy) is 3. The summed E-state index contributed by atoms with van der Waals surface area (Å²) in [7, 11) is -4.71. The number of hydrogen-bond donors (Lipinski definition) is 1. The summed E-state index contributed by atoms with van der Waals surface area (Å²) in [5, 5.41) is 16.5. The second kappa shape index (κ2) is 18.7. The van der Waals surface area contributed by atoms with Crippen LogP contribution in [0.25, 0.3) is 10.9 Å². The third-order valence-corrected chi connectivity index (χ3v) is 13.8. The maximum atomic E-state index is 15.9. The first-order valence-electron chi connectivity index (χ1n) is 22.2. The molecular formula is C45H55B3N5O10P. The Kier molecular flexibility index (Phi) is 13.0. The van der Waals surface area contributed by atoms with Gasteiger partial charge in [0.25, 0.3) is 0 Å². The summed E-state index contributed by atoms with van der Waals surface area (Å²) in [5.74, 6) is 0.189. The Morgan fingerprint density at radius 1 is 0.797 bits per heavy atom. The number of hydrogen-bond acceptors (Lipinski definition) is 12. The molecule has 0 saturated carbocycles. The van der Waals surface area contributed by atoms with Crippen molar-refractivity contribution < 1.29 is 47.0 Å². The van der Waals surface area contributed by atoms with Crippen LogP contribution in [-0.2, 0) is 58.3 Å². The number of carbonyl (C=O) groups excluding carboxylic acids is 1. The predicted octanol–water partition coefficient (Wildman–Crippen LogP) is 6.70. The van der Waals surface area contributed by atoms with Crippen LogP contribution in [-0.4, -0.2) is 114 Å². The minimum Gasteiger partial charge on any atom is -0.481 e. The van der Waals surface area contributed by atoms with Crippen LogP contribution >= 0.6 is 7.60 Å². The zero-order chi connectivity index (χ0) is 44.6. The molecule has 4 atom stereocenters. The molecule has 1 N–H and O–H groups in total. The lowest BCUT2D eigenvalue weighted by Crippen LogP contribution is -2.51. The molecule has 4 aliphatic heterocycles. The second-order valence-corrected chi connectivity index (χ2v) is 19.2. The molecule has 19 heteroatoms. The highest BCUT2D eigenvalue weighted by Crippen LogP contribution is 2.48. The molecule has 15 nitrogen and oxygen atoms in total. The van der Waals surface area contributed by atoms with Gasteiger partial charge < -0.3 is 52.1 Å². The average molecular weight is 889 g/mol. The van der Waals surface area contributed by atoms with Crippen molar-refractivity contribution in [2.75, 3.05) is 37.3 Å². The van der Waals surface area contributed by atoms with Gasteiger partial charge >= 0.3 is 34.8 Å². The Balaban J connectivity index is 1.13. The second-order valence-electron chi connectivity index (χ2n) is 17.2. The SMILES string of the molecule is CCOP(=O)(COc1cccc(CN2C(=O)N(Cc3ccc4c(c3)c(N(B3CO3)B3CO3)nn4B(C)O)[C@H](Cc3ccccc3)[C@@H]3OC(C)(C)O[C@H]3[C@H]2Cc2ccccc2)c1)OCC. The molecular weight excluding hydrogens is 834 g/mol. The molecule has 5 aromatic rings. The molecule has 0 unspecified atom stereocenters. The number of benzene rings is 4. The molecule has 4 fully saturated rings. The normalized spacial score (nSPS) is 21.6. The van der Waals surface area contributed by atoms with E-state index in [1.165, 1.54) is 0 Å². The van der Waals surface area contributed by atoms with Crippen LogP contribution in [0.1, 0.15) is 49.9 Å². The van der Waals surface area contributed by atoms with Gasteiger partial charge in [0.15, 0.2) is 12.1 Å². The molecule has 64 heavy (non-hydrogen) atoms. The zero-order valence-electron chi connectivity index (χ0n) is 37.0. The van der Waals surface area contributed by atoms with Gasteiger partial charge in [0.2, 0.25) is 0 Å². The Morgan fingerprint density at radius 2 is 1.33 bits per heavy atom. The van der Waals surface area contributed by atoms with E-state index in [4.69, 9.17) is 37.7 Å². The first-order chi connectivity index (χ1) is 30.9. The van der Waals surface area contributed by atoms with E-state index in [0.717, 1.165) is 33.2 Å². The summed E-state index contributed by atoms with van der Waals surface area (Å²) < 4.78 is 59.4. The fourth-order valence-electron chi connectivity index (χ4n) is 9.15.